The van der Waals surface area contributed by atoms with Gasteiger partial charge >= 0.3 is 0 Å². The van der Waals surface area contributed by atoms with Crippen molar-refractivity contribution in [1.82, 2.24) is 25.9 Å². The molecule has 2 heterocycles. The fourth-order valence-electron chi connectivity index (χ4n) is 4.73. The molecule has 0 aliphatic carbocycles. The number of anilines is 1. The first kappa shape index (κ1) is 24.3. The number of carbonyl (C=O) groups is 2. The van der Waals surface area contributed by atoms with Gasteiger partial charge in [-0.25, -0.2) is 5.10 Å². The Morgan fingerprint density at radius 2 is 1.78 bits per heavy atom. The molecule has 0 bridgehead atoms. The van der Waals surface area contributed by atoms with Crippen molar-refractivity contribution >= 4 is 17.5 Å². The molecule has 3 aromatic carbocycles. The molecule has 0 saturated heterocycles. The zero-order chi connectivity index (χ0) is 25.6. The Hall–Kier alpha value is -4.37. The molecule has 4 N–H and O–H groups in total. The van der Waals surface area contributed by atoms with E-state index in [0.29, 0.717) is 44.6 Å². The number of aryl methyl sites for hydroxylation is 1. The summed E-state index contributed by atoms with van der Waals surface area (Å²) in [7, 11) is 0. The van der Waals surface area contributed by atoms with Gasteiger partial charge in [0.2, 0.25) is 11.8 Å². The number of nitrogens with one attached hydrogen (secondary N) is 2. The van der Waals surface area contributed by atoms with Gasteiger partial charge in [0.1, 0.15) is 6.04 Å². The zero-order valence-electron chi connectivity index (χ0n) is 20.4. The Morgan fingerprint density at radius 3 is 2.54 bits per heavy atom. The first-order valence-corrected chi connectivity index (χ1v) is 12.4. The van der Waals surface area contributed by atoms with Gasteiger partial charge in [0, 0.05) is 17.7 Å². The van der Waals surface area contributed by atoms with Crippen molar-refractivity contribution in [2.45, 2.75) is 38.3 Å². The molecule has 5 rings (SSSR count). The van der Waals surface area contributed by atoms with Crippen LogP contribution in [0.2, 0.25) is 0 Å². The molecule has 0 spiro atoms. The number of carbonyl (C=O) groups excluding carboxylic acids is 2. The smallest absolute Gasteiger partial charge is 0.249 e. The van der Waals surface area contributed by atoms with E-state index in [1.54, 1.807) is 4.90 Å². The van der Waals surface area contributed by atoms with Crippen LogP contribution in [0.3, 0.4) is 0 Å². The maximum atomic E-state index is 13.7. The van der Waals surface area contributed by atoms with Gasteiger partial charge in [0.25, 0.3) is 0 Å². The second-order valence-electron chi connectivity index (χ2n) is 9.10. The van der Waals surface area contributed by atoms with Crippen LogP contribution in [0, 0.1) is 0 Å². The molecule has 2 amide bonds. The van der Waals surface area contributed by atoms with Crippen LogP contribution in [0.15, 0.2) is 72.8 Å². The fourth-order valence-corrected chi connectivity index (χ4v) is 4.73. The van der Waals surface area contributed by atoms with Crippen molar-refractivity contribution in [3.8, 4) is 22.5 Å². The van der Waals surface area contributed by atoms with E-state index in [-0.39, 0.29) is 11.8 Å². The summed E-state index contributed by atoms with van der Waals surface area (Å²) in [5.41, 5.74) is 11.4. The number of hydrogen-bond donors (Lipinski definition) is 3. The number of nitrogens with two attached hydrogens (primary N) is 1. The Bertz CT molecular complexity index is 1370. The number of nitrogens with zero attached hydrogens (tertiary/aromatic N) is 4. The van der Waals surface area contributed by atoms with Gasteiger partial charge in [-0.1, -0.05) is 66.7 Å². The van der Waals surface area contributed by atoms with E-state index in [1.165, 1.54) is 0 Å². The molecule has 37 heavy (non-hydrogen) atoms. The molecule has 1 atom stereocenters. The molecular formula is C28H29N7O2. The van der Waals surface area contributed by atoms with Gasteiger partial charge in [0.05, 0.1) is 6.54 Å². The average molecular weight is 496 g/mol. The summed E-state index contributed by atoms with van der Waals surface area (Å²) in [5, 5.41) is 17.2. The van der Waals surface area contributed by atoms with Crippen molar-refractivity contribution in [1.29, 1.82) is 0 Å². The number of rotatable bonds is 8. The summed E-state index contributed by atoms with van der Waals surface area (Å²) >= 11 is 0. The highest BCUT2D eigenvalue weighted by atomic mass is 16.2. The summed E-state index contributed by atoms with van der Waals surface area (Å²) in [4.78, 5) is 27.8. The maximum Gasteiger partial charge on any atom is 0.249 e. The number of aromatic amines is 1. The maximum absolute atomic E-state index is 13.7. The van der Waals surface area contributed by atoms with E-state index in [9.17, 15) is 9.59 Å². The third-order valence-electron chi connectivity index (χ3n) is 6.63. The molecular weight excluding hydrogens is 466 g/mol. The lowest BCUT2D eigenvalue weighted by Gasteiger charge is -2.26. The van der Waals surface area contributed by atoms with E-state index in [1.807, 2.05) is 72.8 Å². The largest absolute Gasteiger partial charge is 0.344 e. The summed E-state index contributed by atoms with van der Waals surface area (Å²) in [5.74, 6) is 0.365. The van der Waals surface area contributed by atoms with E-state index in [2.05, 4.69) is 25.9 Å². The Labute approximate surface area is 215 Å². The van der Waals surface area contributed by atoms with Gasteiger partial charge in [-0.05, 0) is 64.6 Å². The molecule has 9 nitrogen and oxygen atoms in total. The van der Waals surface area contributed by atoms with Crippen molar-refractivity contribution in [3.05, 3.63) is 83.9 Å². The van der Waals surface area contributed by atoms with Gasteiger partial charge in [-0.15, -0.1) is 5.10 Å². The van der Waals surface area contributed by atoms with Gasteiger partial charge in [0.15, 0.2) is 5.82 Å². The van der Waals surface area contributed by atoms with Gasteiger partial charge in [-0.2, -0.15) is 0 Å². The number of tetrazole rings is 1. The van der Waals surface area contributed by atoms with Crippen LogP contribution in [0.1, 0.15) is 30.4 Å². The molecule has 9 heteroatoms. The highest BCUT2D eigenvalue weighted by Gasteiger charge is 2.31. The second kappa shape index (κ2) is 11.1. The van der Waals surface area contributed by atoms with Crippen LogP contribution >= 0.6 is 0 Å². The standard InChI is InChI=1S/C28H29N7O2/c29-17-5-10-26(36)30-24-16-15-21-6-1-4-9-25(21)35(28(24)37)18-19-11-13-20(14-12-19)22-7-2-3-8-23(22)27-31-33-34-32-27/h1-4,6-9,11-14,24H,5,10,15-18,29H2,(H,30,36)(H,31,32,33,34). The minimum atomic E-state index is -0.570. The second-order valence-corrected chi connectivity index (χ2v) is 9.10. The van der Waals surface area contributed by atoms with Crippen LogP contribution < -0.4 is 16.0 Å². The quantitative estimate of drug-likeness (QED) is 0.344. The van der Waals surface area contributed by atoms with Crippen LogP contribution in [0.5, 0.6) is 0 Å². The molecule has 0 saturated carbocycles. The van der Waals surface area contributed by atoms with Gasteiger partial charge in [-0.3, -0.25) is 9.59 Å². The monoisotopic (exact) mass is 495 g/mol. The first-order valence-electron chi connectivity index (χ1n) is 12.4. The minimum absolute atomic E-state index is 0.0988. The SMILES string of the molecule is NCCCC(=O)NC1CCc2ccccc2N(Cc2ccc(-c3ccccc3-c3nnn[nH]3)cc2)C1=O. The molecule has 188 valence electrons. The number of H-pyrrole nitrogens is 1. The lowest BCUT2D eigenvalue weighted by molar-refractivity contribution is -0.127. The van der Waals surface area contributed by atoms with Crippen molar-refractivity contribution < 1.29 is 9.59 Å². The van der Waals surface area contributed by atoms with E-state index in [0.717, 1.165) is 33.5 Å². The Balaban J connectivity index is 1.40. The van der Waals surface area contributed by atoms with Crippen LogP contribution in [-0.2, 0) is 22.6 Å². The lowest BCUT2D eigenvalue weighted by Crippen LogP contribution is -2.47. The summed E-state index contributed by atoms with van der Waals surface area (Å²) in [6, 6.07) is 23.4. The molecule has 1 aliphatic rings. The number of para-hydroxylation sites is 1. The van der Waals surface area contributed by atoms with Crippen molar-refractivity contribution in [2.24, 2.45) is 5.73 Å². The summed E-state index contributed by atoms with van der Waals surface area (Å²) < 4.78 is 0. The highest BCUT2D eigenvalue weighted by Crippen LogP contribution is 2.31. The highest BCUT2D eigenvalue weighted by molar-refractivity contribution is 6.00. The van der Waals surface area contributed by atoms with Crippen LogP contribution in [0.25, 0.3) is 22.5 Å². The molecule has 1 unspecified atom stereocenters. The van der Waals surface area contributed by atoms with E-state index in [4.69, 9.17) is 5.73 Å². The number of fused-ring (bicyclic) bond motifs is 1. The predicted molar refractivity (Wildman–Crippen MR) is 141 cm³/mol. The number of benzene rings is 3. The van der Waals surface area contributed by atoms with Crippen LogP contribution in [0.4, 0.5) is 5.69 Å². The summed E-state index contributed by atoms with van der Waals surface area (Å²) in [6.45, 7) is 0.846. The Kier molecular flexibility index (Phi) is 7.32. The third kappa shape index (κ3) is 5.41. The van der Waals surface area contributed by atoms with E-state index < -0.39 is 6.04 Å². The zero-order valence-corrected chi connectivity index (χ0v) is 20.4. The molecule has 0 fully saturated rings. The normalized spacial score (nSPS) is 15.2. The predicted octanol–water partition coefficient (Wildman–Crippen LogP) is 3.24. The van der Waals surface area contributed by atoms with Gasteiger partial charge < -0.3 is 16.0 Å². The van der Waals surface area contributed by atoms with Crippen molar-refractivity contribution in [3.63, 3.8) is 0 Å². The molecule has 1 aliphatic heterocycles. The molecule has 1 aromatic heterocycles. The lowest BCUT2D eigenvalue weighted by atomic mass is 9.98. The average Bonchev–Trinajstić information content (AvgIpc) is 3.44. The number of hydrogen-bond acceptors (Lipinski definition) is 6. The third-order valence-corrected chi connectivity index (χ3v) is 6.63. The molecule has 4 aromatic rings. The summed E-state index contributed by atoms with van der Waals surface area (Å²) in [6.07, 6.45) is 2.19. The van der Waals surface area contributed by atoms with E-state index >= 15 is 0 Å². The van der Waals surface area contributed by atoms with Crippen molar-refractivity contribution in [2.75, 3.05) is 11.4 Å². The number of aromatic nitrogens is 4. The first-order chi connectivity index (χ1) is 18.1. The minimum Gasteiger partial charge on any atom is -0.344 e. The van der Waals surface area contributed by atoms with Crippen LogP contribution in [-0.4, -0.2) is 45.0 Å². The topological polar surface area (TPSA) is 130 Å². The molecule has 0 radical (unpaired) electrons. The fraction of sp³-hybridized carbons (Fsp3) is 0.250. The number of amides is 2. The Morgan fingerprint density at radius 1 is 1.03 bits per heavy atom.